The second kappa shape index (κ2) is 3.95. The molecule has 0 heterocycles. The molecule has 0 amide bonds. The largest absolute Gasteiger partial charge is 0.465 e. The van der Waals surface area contributed by atoms with Gasteiger partial charge in [0, 0.05) is 11.8 Å². The molecule has 2 saturated carbocycles. The highest BCUT2D eigenvalue weighted by Crippen LogP contribution is 2.61. The number of esters is 1. The van der Waals surface area contributed by atoms with Crippen LogP contribution in [0.4, 0.5) is 0 Å². The lowest BCUT2D eigenvalue weighted by atomic mass is 10.0. The molecule has 0 N–H and O–H groups in total. The summed E-state index contributed by atoms with van der Waals surface area (Å²) in [6.07, 6.45) is 5.22. The smallest absolute Gasteiger partial charge is 0.309 e. The summed E-state index contributed by atoms with van der Waals surface area (Å²) in [7, 11) is 0. The summed E-state index contributed by atoms with van der Waals surface area (Å²) < 4.78 is 5.15. The monoisotopic (exact) mass is 210 g/mol. The molecule has 2 rings (SSSR count). The summed E-state index contributed by atoms with van der Waals surface area (Å²) in [6, 6.07) is 0. The van der Waals surface area contributed by atoms with Gasteiger partial charge in [0.05, 0.1) is 12.5 Å². The summed E-state index contributed by atoms with van der Waals surface area (Å²) in [5.74, 6) is 0.0444. The van der Waals surface area contributed by atoms with Crippen molar-refractivity contribution in [3.63, 3.8) is 0 Å². The topological polar surface area (TPSA) is 43.4 Å². The van der Waals surface area contributed by atoms with E-state index in [1.165, 1.54) is 0 Å². The average molecular weight is 210 g/mol. The van der Waals surface area contributed by atoms with E-state index in [4.69, 9.17) is 4.74 Å². The Morgan fingerprint density at radius 3 is 3.00 bits per heavy atom. The first kappa shape index (κ1) is 10.7. The zero-order valence-corrected chi connectivity index (χ0v) is 9.25. The molecule has 2 aliphatic rings. The summed E-state index contributed by atoms with van der Waals surface area (Å²) in [5.41, 5.74) is -0.275. The van der Waals surface area contributed by atoms with E-state index in [0.717, 1.165) is 32.1 Å². The van der Waals surface area contributed by atoms with E-state index in [-0.39, 0.29) is 17.3 Å². The van der Waals surface area contributed by atoms with Gasteiger partial charge >= 0.3 is 5.97 Å². The number of Topliss-reactive ketones (excluding diaryl/α,β-unsaturated/α-hetero) is 1. The summed E-state index contributed by atoms with van der Waals surface area (Å²) in [4.78, 5) is 23.2. The SMILES string of the molecule is CCCCOC(=O)C1CC12CCCC2=O. The van der Waals surface area contributed by atoms with Gasteiger partial charge in [0.2, 0.25) is 0 Å². The maximum Gasteiger partial charge on any atom is 0.309 e. The van der Waals surface area contributed by atoms with Crippen LogP contribution in [0, 0.1) is 11.3 Å². The van der Waals surface area contributed by atoms with Crippen LogP contribution in [0.1, 0.15) is 45.4 Å². The van der Waals surface area contributed by atoms with Crippen molar-refractivity contribution in [1.29, 1.82) is 0 Å². The molecule has 0 saturated heterocycles. The third-order valence-corrected chi connectivity index (χ3v) is 3.68. The van der Waals surface area contributed by atoms with Crippen molar-refractivity contribution < 1.29 is 14.3 Å². The van der Waals surface area contributed by atoms with E-state index in [9.17, 15) is 9.59 Å². The van der Waals surface area contributed by atoms with Crippen molar-refractivity contribution in [1.82, 2.24) is 0 Å². The van der Waals surface area contributed by atoms with Crippen LogP contribution in [-0.4, -0.2) is 18.4 Å². The maximum atomic E-state index is 11.6. The Hall–Kier alpha value is -0.860. The Morgan fingerprint density at radius 1 is 1.60 bits per heavy atom. The first-order valence-corrected chi connectivity index (χ1v) is 5.90. The zero-order valence-electron chi connectivity index (χ0n) is 9.25. The van der Waals surface area contributed by atoms with Gasteiger partial charge in [-0.2, -0.15) is 0 Å². The van der Waals surface area contributed by atoms with Gasteiger partial charge in [-0.3, -0.25) is 9.59 Å². The number of hydrogen-bond donors (Lipinski definition) is 0. The average Bonchev–Trinajstić information content (AvgIpc) is 2.83. The normalized spacial score (nSPS) is 33.4. The highest BCUT2D eigenvalue weighted by Gasteiger charge is 2.64. The summed E-state index contributed by atoms with van der Waals surface area (Å²) in [6.45, 7) is 2.57. The van der Waals surface area contributed by atoms with Crippen LogP contribution in [0.5, 0.6) is 0 Å². The van der Waals surface area contributed by atoms with E-state index in [1.807, 2.05) is 0 Å². The molecule has 3 nitrogen and oxygen atoms in total. The number of ether oxygens (including phenoxy) is 1. The molecule has 2 aliphatic carbocycles. The van der Waals surface area contributed by atoms with Crippen molar-refractivity contribution >= 4 is 11.8 Å². The highest BCUT2D eigenvalue weighted by molar-refractivity contribution is 5.96. The van der Waals surface area contributed by atoms with Crippen LogP contribution >= 0.6 is 0 Å². The van der Waals surface area contributed by atoms with Gasteiger partial charge < -0.3 is 4.74 Å². The van der Waals surface area contributed by atoms with Gasteiger partial charge in [0.25, 0.3) is 0 Å². The molecular weight excluding hydrogens is 192 g/mol. The lowest BCUT2D eigenvalue weighted by Crippen LogP contribution is -2.17. The molecule has 0 aliphatic heterocycles. The minimum atomic E-state index is -0.275. The van der Waals surface area contributed by atoms with E-state index >= 15 is 0 Å². The maximum absolute atomic E-state index is 11.6. The molecule has 0 aromatic carbocycles. The number of hydrogen-bond acceptors (Lipinski definition) is 3. The quantitative estimate of drug-likeness (QED) is 0.527. The molecule has 1 spiro atoms. The first-order chi connectivity index (χ1) is 7.20. The highest BCUT2D eigenvalue weighted by atomic mass is 16.5. The van der Waals surface area contributed by atoms with Gasteiger partial charge in [-0.05, 0) is 25.7 Å². The van der Waals surface area contributed by atoms with Crippen molar-refractivity contribution in [2.24, 2.45) is 11.3 Å². The molecule has 0 aromatic heterocycles. The zero-order chi connectivity index (χ0) is 10.9. The lowest BCUT2D eigenvalue weighted by molar-refractivity contribution is -0.147. The first-order valence-electron chi connectivity index (χ1n) is 5.90. The van der Waals surface area contributed by atoms with Crippen molar-refractivity contribution in [3.8, 4) is 0 Å². The van der Waals surface area contributed by atoms with Gasteiger partial charge in [0.1, 0.15) is 5.78 Å². The molecule has 2 atom stereocenters. The Labute approximate surface area is 90.2 Å². The van der Waals surface area contributed by atoms with E-state index in [2.05, 4.69) is 6.92 Å². The fourth-order valence-electron chi connectivity index (χ4n) is 2.57. The fourth-order valence-corrected chi connectivity index (χ4v) is 2.57. The van der Waals surface area contributed by atoms with Gasteiger partial charge in [-0.25, -0.2) is 0 Å². The third kappa shape index (κ3) is 1.80. The summed E-state index contributed by atoms with van der Waals surface area (Å²) in [5, 5.41) is 0. The van der Waals surface area contributed by atoms with Crippen molar-refractivity contribution in [2.45, 2.75) is 45.4 Å². The Kier molecular flexibility index (Phi) is 2.81. The van der Waals surface area contributed by atoms with E-state index in [1.54, 1.807) is 0 Å². The predicted octanol–water partition coefficient (Wildman–Crippen LogP) is 2.09. The van der Waals surface area contributed by atoms with E-state index < -0.39 is 0 Å². The predicted molar refractivity (Wildman–Crippen MR) is 55.3 cm³/mol. The van der Waals surface area contributed by atoms with Crippen LogP contribution in [0.2, 0.25) is 0 Å². The molecule has 3 heteroatoms. The molecule has 2 fully saturated rings. The molecule has 0 aromatic rings. The number of rotatable bonds is 4. The molecule has 15 heavy (non-hydrogen) atoms. The number of unbranched alkanes of at least 4 members (excludes halogenated alkanes) is 1. The van der Waals surface area contributed by atoms with Crippen LogP contribution < -0.4 is 0 Å². The minimum absolute atomic E-state index is 0.107. The lowest BCUT2D eigenvalue weighted by Gasteiger charge is -2.07. The Morgan fingerprint density at radius 2 is 2.40 bits per heavy atom. The Bertz CT molecular complexity index is 285. The van der Waals surface area contributed by atoms with Crippen LogP contribution in [0.3, 0.4) is 0 Å². The van der Waals surface area contributed by atoms with Crippen LogP contribution in [0.25, 0.3) is 0 Å². The number of carbonyl (C=O) groups is 2. The van der Waals surface area contributed by atoms with Crippen molar-refractivity contribution in [2.75, 3.05) is 6.61 Å². The fraction of sp³-hybridized carbons (Fsp3) is 0.833. The van der Waals surface area contributed by atoms with Gasteiger partial charge in [-0.1, -0.05) is 13.3 Å². The van der Waals surface area contributed by atoms with Crippen molar-refractivity contribution in [3.05, 3.63) is 0 Å². The second-order valence-corrected chi connectivity index (χ2v) is 4.71. The van der Waals surface area contributed by atoms with Gasteiger partial charge in [0.15, 0.2) is 0 Å². The molecule has 84 valence electrons. The summed E-state index contributed by atoms with van der Waals surface area (Å²) >= 11 is 0. The van der Waals surface area contributed by atoms with Gasteiger partial charge in [-0.15, -0.1) is 0 Å². The third-order valence-electron chi connectivity index (χ3n) is 3.68. The van der Waals surface area contributed by atoms with Crippen LogP contribution in [0.15, 0.2) is 0 Å². The molecular formula is C12H18O3. The molecule has 0 bridgehead atoms. The molecule has 2 unspecified atom stereocenters. The Balaban J connectivity index is 1.82. The second-order valence-electron chi connectivity index (χ2n) is 4.71. The number of ketones is 1. The standard InChI is InChI=1S/C12H18O3/c1-2-3-7-15-11(14)9-8-12(9)6-4-5-10(12)13/h9H,2-8H2,1H3. The molecule has 0 radical (unpaired) electrons. The van der Waals surface area contributed by atoms with Crippen LogP contribution in [-0.2, 0) is 14.3 Å². The minimum Gasteiger partial charge on any atom is -0.465 e. The van der Waals surface area contributed by atoms with E-state index in [0.29, 0.717) is 18.8 Å². The number of carbonyl (C=O) groups excluding carboxylic acids is 2.